The number of alkyl halides is 3. The third-order valence-corrected chi connectivity index (χ3v) is 5.51. The Bertz CT molecular complexity index is 725. The lowest BCUT2D eigenvalue weighted by atomic mass is 9.78. The first kappa shape index (κ1) is 20.0. The summed E-state index contributed by atoms with van der Waals surface area (Å²) >= 11 is 0. The molecule has 27 heavy (non-hydrogen) atoms. The SMILES string of the molecule is Cc1c(C(F)(F)F)cccc1C1(O)CC2CCC(C1)N2C(=O)OC(C)(C)C. The van der Waals surface area contributed by atoms with Gasteiger partial charge >= 0.3 is 12.3 Å². The molecule has 150 valence electrons. The van der Waals surface area contributed by atoms with Gasteiger partial charge < -0.3 is 14.7 Å². The van der Waals surface area contributed by atoms with Gasteiger partial charge in [0.25, 0.3) is 0 Å². The van der Waals surface area contributed by atoms with E-state index in [2.05, 4.69) is 0 Å². The molecular weight excluding hydrogens is 359 g/mol. The second-order valence-corrected chi connectivity index (χ2v) is 8.69. The summed E-state index contributed by atoms with van der Waals surface area (Å²) < 4.78 is 45.3. The third-order valence-electron chi connectivity index (χ3n) is 5.51. The van der Waals surface area contributed by atoms with Crippen molar-refractivity contribution in [3.05, 3.63) is 34.9 Å². The fourth-order valence-electron chi connectivity index (χ4n) is 4.50. The molecule has 1 N–H and O–H groups in total. The second-order valence-electron chi connectivity index (χ2n) is 8.69. The predicted octanol–water partition coefficient (Wildman–Crippen LogP) is 4.76. The number of nitrogens with zero attached hydrogens (tertiary/aromatic N) is 1. The smallest absolute Gasteiger partial charge is 0.416 e. The number of piperidine rings is 1. The van der Waals surface area contributed by atoms with E-state index >= 15 is 0 Å². The van der Waals surface area contributed by atoms with Crippen molar-refractivity contribution >= 4 is 6.09 Å². The number of ether oxygens (including phenoxy) is 1. The number of fused-ring (bicyclic) bond motifs is 2. The average Bonchev–Trinajstić information content (AvgIpc) is 2.77. The maximum Gasteiger partial charge on any atom is 0.416 e. The van der Waals surface area contributed by atoms with Crippen LogP contribution in [-0.4, -0.2) is 33.8 Å². The van der Waals surface area contributed by atoms with E-state index in [9.17, 15) is 23.1 Å². The summed E-state index contributed by atoms with van der Waals surface area (Å²) in [5, 5.41) is 11.3. The van der Waals surface area contributed by atoms with Crippen molar-refractivity contribution in [2.24, 2.45) is 0 Å². The van der Waals surface area contributed by atoms with Crippen molar-refractivity contribution in [3.63, 3.8) is 0 Å². The van der Waals surface area contributed by atoms with Crippen LogP contribution in [0.25, 0.3) is 0 Å². The van der Waals surface area contributed by atoms with Gasteiger partial charge in [-0.25, -0.2) is 4.79 Å². The number of amides is 1. The van der Waals surface area contributed by atoms with Crippen molar-refractivity contribution in [2.45, 2.75) is 82.8 Å². The molecule has 2 heterocycles. The second kappa shape index (κ2) is 6.40. The van der Waals surface area contributed by atoms with Crippen LogP contribution in [0.2, 0.25) is 0 Å². The van der Waals surface area contributed by atoms with Crippen LogP contribution < -0.4 is 0 Å². The van der Waals surface area contributed by atoms with Gasteiger partial charge in [0.15, 0.2) is 0 Å². The Morgan fingerprint density at radius 2 is 1.74 bits per heavy atom. The van der Waals surface area contributed by atoms with Crippen molar-refractivity contribution in [2.75, 3.05) is 0 Å². The topological polar surface area (TPSA) is 49.8 Å². The molecule has 7 heteroatoms. The van der Waals surface area contributed by atoms with Crippen LogP contribution in [0.5, 0.6) is 0 Å². The van der Waals surface area contributed by atoms with Crippen molar-refractivity contribution in [1.82, 2.24) is 4.90 Å². The summed E-state index contributed by atoms with van der Waals surface area (Å²) in [6.45, 7) is 6.77. The minimum absolute atomic E-state index is 0.0534. The first-order chi connectivity index (χ1) is 12.3. The molecule has 0 spiro atoms. The van der Waals surface area contributed by atoms with Crippen molar-refractivity contribution < 1.29 is 27.8 Å². The van der Waals surface area contributed by atoms with Gasteiger partial charge in [0.2, 0.25) is 0 Å². The van der Waals surface area contributed by atoms with Gasteiger partial charge in [0.05, 0.1) is 11.2 Å². The lowest BCUT2D eigenvalue weighted by Crippen LogP contribution is -2.53. The van der Waals surface area contributed by atoms with Gasteiger partial charge in [-0.15, -0.1) is 0 Å². The molecule has 4 nitrogen and oxygen atoms in total. The first-order valence-electron chi connectivity index (χ1n) is 9.23. The molecule has 1 aromatic carbocycles. The highest BCUT2D eigenvalue weighted by molar-refractivity contribution is 5.70. The van der Waals surface area contributed by atoms with Crippen molar-refractivity contribution in [3.8, 4) is 0 Å². The lowest BCUT2D eigenvalue weighted by Gasteiger charge is -2.44. The summed E-state index contributed by atoms with van der Waals surface area (Å²) in [5.74, 6) is 0. The maximum atomic E-state index is 13.3. The number of rotatable bonds is 1. The molecule has 0 saturated carbocycles. The van der Waals surface area contributed by atoms with Gasteiger partial charge in [-0.05, 0) is 57.7 Å². The van der Waals surface area contributed by atoms with Crippen LogP contribution in [0.3, 0.4) is 0 Å². The predicted molar refractivity (Wildman–Crippen MR) is 94.2 cm³/mol. The van der Waals surface area contributed by atoms with E-state index in [1.807, 2.05) is 0 Å². The Hall–Kier alpha value is -1.76. The van der Waals surface area contributed by atoms with E-state index in [1.165, 1.54) is 13.0 Å². The molecule has 2 aliphatic heterocycles. The van der Waals surface area contributed by atoms with E-state index in [0.717, 1.165) is 6.07 Å². The molecule has 2 bridgehead atoms. The summed E-state index contributed by atoms with van der Waals surface area (Å²) in [5.41, 5.74) is -2.37. The lowest BCUT2D eigenvalue weighted by molar-refractivity contribution is -0.138. The molecule has 0 aromatic heterocycles. The zero-order valence-electron chi connectivity index (χ0n) is 16.1. The Morgan fingerprint density at radius 3 is 2.22 bits per heavy atom. The van der Waals surface area contributed by atoms with Gasteiger partial charge in [-0.2, -0.15) is 13.2 Å². The monoisotopic (exact) mass is 385 g/mol. The zero-order chi connectivity index (χ0) is 20.2. The molecule has 0 aliphatic carbocycles. The number of carbonyl (C=O) groups is 1. The summed E-state index contributed by atoms with van der Waals surface area (Å²) in [6.07, 6.45) is -3.03. The number of halogens is 3. The molecule has 2 atom stereocenters. The van der Waals surface area contributed by atoms with Crippen LogP contribution in [0.4, 0.5) is 18.0 Å². The Morgan fingerprint density at radius 1 is 1.19 bits per heavy atom. The Labute approximate surface area is 157 Å². The highest BCUT2D eigenvalue weighted by Gasteiger charge is 2.52. The number of hydrogen-bond acceptors (Lipinski definition) is 3. The largest absolute Gasteiger partial charge is 0.444 e. The van der Waals surface area contributed by atoms with E-state index in [0.29, 0.717) is 18.4 Å². The zero-order valence-corrected chi connectivity index (χ0v) is 16.1. The molecule has 2 unspecified atom stereocenters. The molecule has 3 rings (SSSR count). The van der Waals surface area contributed by atoms with Crippen molar-refractivity contribution in [1.29, 1.82) is 0 Å². The van der Waals surface area contributed by atoms with E-state index in [1.54, 1.807) is 31.7 Å². The normalized spacial score (nSPS) is 28.4. The first-order valence-corrected chi connectivity index (χ1v) is 9.23. The van der Waals surface area contributed by atoms with Gasteiger partial charge in [0, 0.05) is 24.9 Å². The molecular formula is C20H26F3NO3. The number of benzene rings is 1. The standard InChI is InChI=1S/C20H26F3NO3/c1-12-15(6-5-7-16(12)20(21,22)23)19(26)10-13-8-9-14(11-19)24(13)17(25)27-18(2,3)4/h5-7,13-14,26H,8-11H2,1-4H3. The van der Waals surface area contributed by atoms with E-state index < -0.39 is 29.0 Å². The number of aliphatic hydroxyl groups is 1. The van der Waals surface area contributed by atoms with Gasteiger partial charge in [-0.3, -0.25) is 0 Å². The number of carbonyl (C=O) groups excluding carboxylic acids is 1. The minimum atomic E-state index is -4.47. The molecule has 0 radical (unpaired) electrons. The van der Waals surface area contributed by atoms with Crippen LogP contribution in [-0.2, 0) is 16.5 Å². The molecule has 2 aliphatic rings. The average molecular weight is 385 g/mol. The Balaban J connectivity index is 1.89. The summed E-state index contributed by atoms with van der Waals surface area (Å²) in [6, 6.07) is 3.46. The molecule has 1 amide bonds. The minimum Gasteiger partial charge on any atom is -0.444 e. The summed E-state index contributed by atoms with van der Waals surface area (Å²) in [7, 11) is 0. The van der Waals surface area contributed by atoms with Gasteiger partial charge in [-0.1, -0.05) is 12.1 Å². The molecule has 1 aromatic rings. The van der Waals surface area contributed by atoms with E-state index in [4.69, 9.17) is 4.74 Å². The maximum absolute atomic E-state index is 13.3. The van der Waals surface area contributed by atoms with Gasteiger partial charge in [0.1, 0.15) is 5.60 Å². The third kappa shape index (κ3) is 3.79. The summed E-state index contributed by atoms with van der Waals surface area (Å²) in [4.78, 5) is 14.2. The fourth-order valence-corrected chi connectivity index (χ4v) is 4.50. The van der Waals surface area contributed by atoms with Crippen LogP contribution in [0, 0.1) is 6.92 Å². The molecule has 2 saturated heterocycles. The Kier molecular flexibility index (Phi) is 4.74. The van der Waals surface area contributed by atoms with Crippen LogP contribution >= 0.6 is 0 Å². The van der Waals surface area contributed by atoms with Crippen LogP contribution in [0.15, 0.2) is 18.2 Å². The van der Waals surface area contributed by atoms with E-state index in [-0.39, 0.29) is 30.5 Å². The highest BCUT2D eigenvalue weighted by Crippen LogP contribution is 2.48. The fraction of sp³-hybridized carbons (Fsp3) is 0.650. The van der Waals surface area contributed by atoms with Crippen LogP contribution in [0.1, 0.15) is 63.1 Å². The number of hydrogen-bond donors (Lipinski definition) is 1. The highest BCUT2D eigenvalue weighted by atomic mass is 19.4. The quantitative estimate of drug-likeness (QED) is 0.758. The molecule has 2 fully saturated rings.